The first-order valence-corrected chi connectivity index (χ1v) is 2.49. The summed E-state index contributed by atoms with van der Waals surface area (Å²) in [6.45, 7) is 0. The highest BCUT2D eigenvalue weighted by atomic mass is 16.9. The maximum absolute atomic E-state index is 10.1. The van der Waals surface area contributed by atoms with Gasteiger partial charge in [-0.25, -0.2) is 4.79 Å². The van der Waals surface area contributed by atoms with Gasteiger partial charge in [0.05, 0.1) is 0 Å². The molecule has 0 aromatic carbocycles. The number of hydrogen-bond donors (Lipinski definition) is 6. The van der Waals surface area contributed by atoms with Gasteiger partial charge in [-0.3, -0.25) is 10.4 Å². The third-order valence-corrected chi connectivity index (χ3v) is 0.737. The summed E-state index contributed by atoms with van der Waals surface area (Å²) in [5.74, 6) is -3.60. The summed E-state index contributed by atoms with van der Waals surface area (Å²) < 4.78 is 3.36. The summed E-state index contributed by atoms with van der Waals surface area (Å²) >= 11 is 0. The molecule has 0 aliphatic rings. The second-order valence-electron chi connectivity index (χ2n) is 1.69. The van der Waals surface area contributed by atoms with E-state index in [2.05, 4.69) is 4.74 Å². The van der Waals surface area contributed by atoms with E-state index in [9.17, 15) is 4.79 Å². The molecule has 0 fully saturated rings. The fourth-order valence-corrected chi connectivity index (χ4v) is 0.222. The minimum Gasteiger partial charge on any atom is -0.384 e. The number of ether oxygens (including phenoxy) is 1. The van der Waals surface area contributed by atoms with Gasteiger partial charge in [0, 0.05) is 0 Å². The molecule has 0 unspecified atom stereocenters. The molecule has 9 nitrogen and oxygen atoms in total. The van der Waals surface area contributed by atoms with E-state index < -0.39 is 23.6 Å². The first-order valence-electron chi connectivity index (χ1n) is 2.49. The van der Waals surface area contributed by atoms with Crippen LogP contribution in [0, 0.1) is 0 Å². The first kappa shape index (κ1) is 11.0. The number of nitrogens with zero attached hydrogens (tertiary/aromatic N) is 1. The van der Waals surface area contributed by atoms with Crippen molar-refractivity contribution in [3.8, 4) is 0 Å². The summed E-state index contributed by atoms with van der Waals surface area (Å²) in [5, 5.41) is 47.6. The zero-order valence-electron chi connectivity index (χ0n) is 5.52. The van der Waals surface area contributed by atoms with Crippen LogP contribution < -0.4 is 0 Å². The second kappa shape index (κ2) is 3.62. The lowest BCUT2D eigenvalue weighted by molar-refractivity contribution is -0.405. The lowest BCUT2D eigenvalue weighted by atomic mass is 10.5. The van der Waals surface area contributed by atoms with E-state index in [1.54, 1.807) is 0 Å². The van der Waals surface area contributed by atoms with E-state index in [1.165, 1.54) is 0 Å². The van der Waals surface area contributed by atoms with Gasteiger partial charge in [-0.05, 0) is 0 Å². The van der Waals surface area contributed by atoms with Crippen molar-refractivity contribution in [2.24, 2.45) is 0 Å². The molecule has 0 aromatic heterocycles. The summed E-state index contributed by atoms with van der Waals surface area (Å²) in [6.07, 6.45) is -4.78. The standard InChI is InChI=1S/C3H7NO8/c5-1(6)3(8,9)12-2(7)4(10)11/h1,5-6,8-11H. The lowest BCUT2D eigenvalue weighted by Crippen LogP contribution is -2.48. The SMILES string of the molecule is O=C(OC(O)(O)C(O)O)N(O)O. The molecule has 0 bridgehead atoms. The number of aliphatic hydroxyl groups excluding tert-OH is 1. The smallest absolute Gasteiger partial charge is 0.384 e. The number of aliphatic hydroxyl groups is 4. The van der Waals surface area contributed by atoms with Crippen LogP contribution in [-0.2, 0) is 4.74 Å². The molecule has 0 spiro atoms. The van der Waals surface area contributed by atoms with Crippen molar-refractivity contribution >= 4 is 6.09 Å². The third kappa shape index (κ3) is 2.96. The average molecular weight is 185 g/mol. The van der Waals surface area contributed by atoms with E-state index >= 15 is 0 Å². The van der Waals surface area contributed by atoms with Gasteiger partial charge in [-0.2, -0.15) is 0 Å². The minimum absolute atomic E-state index is 1.11. The van der Waals surface area contributed by atoms with E-state index in [0.29, 0.717) is 0 Å². The number of hydrogen-bond acceptors (Lipinski definition) is 8. The molecule has 0 saturated carbocycles. The van der Waals surface area contributed by atoms with Gasteiger partial charge in [0.15, 0.2) is 0 Å². The van der Waals surface area contributed by atoms with Crippen molar-refractivity contribution < 1.29 is 40.4 Å². The number of hydroxylamine groups is 2. The van der Waals surface area contributed by atoms with Crippen LogP contribution in [0.2, 0.25) is 0 Å². The molecule has 72 valence electrons. The van der Waals surface area contributed by atoms with Crippen molar-refractivity contribution in [3.05, 3.63) is 0 Å². The molecule has 6 N–H and O–H groups in total. The molecule has 12 heavy (non-hydrogen) atoms. The molecule has 0 saturated heterocycles. The van der Waals surface area contributed by atoms with E-state index in [1.807, 2.05) is 0 Å². The number of carbonyl (C=O) groups is 1. The third-order valence-electron chi connectivity index (χ3n) is 0.737. The molecular weight excluding hydrogens is 178 g/mol. The highest BCUT2D eigenvalue weighted by Crippen LogP contribution is 2.07. The number of carbonyl (C=O) groups excluding carboxylic acids is 1. The summed E-state index contributed by atoms with van der Waals surface area (Å²) in [5.41, 5.74) is 0. The Kier molecular flexibility index (Phi) is 3.33. The molecular formula is C3H7NO8. The molecule has 0 rings (SSSR count). The maximum atomic E-state index is 10.1. The van der Waals surface area contributed by atoms with Gasteiger partial charge in [-0.1, -0.05) is 5.23 Å². The summed E-state index contributed by atoms with van der Waals surface area (Å²) in [6, 6.07) is 0. The Morgan fingerprint density at radius 2 is 1.75 bits per heavy atom. The van der Waals surface area contributed by atoms with Crippen molar-refractivity contribution in [1.82, 2.24) is 5.23 Å². The van der Waals surface area contributed by atoms with Crippen LogP contribution in [0.25, 0.3) is 0 Å². The molecule has 0 radical (unpaired) electrons. The highest BCUT2D eigenvalue weighted by Gasteiger charge is 2.38. The number of rotatable bonds is 2. The zero-order chi connectivity index (χ0) is 9.94. The van der Waals surface area contributed by atoms with E-state index in [4.69, 9.17) is 30.8 Å². The number of amides is 1. The van der Waals surface area contributed by atoms with Crippen molar-refractivity contribution in [2.75, 3.05) is 0 Å². The Morgan fingerprint density at radius 3 is 2.00 bits per heavy atom. The Balaban J connectivity index is 4.15. The van der Waals surface area contributed by atoms with Gasteiger partial charge in [0.25, 0.3) is 0 Å². The van der Waals surface area contributed by atoms with Crippen LogP contribution in [0.1, 0.15) is 0 Å². The second-order valence-corrected chi connectivity index (χ2v) is 1.69. The lowest BCUT2D eigenvalue weighted by Gasteiger charge is -2.22. The Morgan fingerprint density at radius 1 is 1.33 bits per heavy atom. The van der Waals surface area contributed by atoms with Crippen molar-refractivity contribution in [3.63, 3.8) is 0 Å². The zero-order valence-corrected chi connectivity index (χ0v) is 5.52. The van der Waals surface area contributed by atoms with Gasteiger partial charge in [-0.15, -0.1) is 0 Å². The average Bonchev–Trinajstić information content (AvgIpc) is 1.85. The highest BCUT2D eigenvalue weighted by molar-refractivity contribution is 5.64. The molecule has 9 heteroatoms. The van der Waals surface area contributed by atoms with E-state index in [0.717, 1.165) is 0 Å². The summed E-state index contributed by atoms with van der Waals surface area (Å²) in [4.78, 5) is 10.1. The van der Waals surface area contributed by atoms with Crippen LogP contribution in [-0.4, -0.2) is 54.4 Å². The monoisotopic (exact) mass is 185 g/mol. The van der Waals surface area contributed by atoms with Crippen LogP contribution >= 0.6 is 0 Å². The van der Waals surface area contributed by atoms with Crippen molar-refractivity contribution in [2.45, 2.75) is 12.3 Å². The maximum Gasteiger partial charge on any atom is 0.463 e. The topological polar surface area (TPSA) is 151 Å². The van der Waals surface area contributed by atoms with Crippen LogP contribution in [0.15, 0.2) is 0 Å². The molecule has 0 atom stereocenters. The molecule has 0 aliphatic carbocycles. The van der Waals surface area contributed by atoms with Crippen LogP contribution in [0.3, 0.4) is 0 Å². The molecule has 0 heterocycles. The normalized spacial score (nSPS) is 11.6. The Labute approximate surface area is 65.2 Å². The fourth-order valence-electron chi connectivity index (χ4n) is 0.222. The minimum atomic E-state index is -3.60. The molecule has 0 aromatic rings. The quantitative estimate of drug-likeness (QED) is 0.153. The largest absolute Gasteiger partial charge is 0.463 e. The predicted octanol–water partition coefficient (Wildman–Crippen LogP) is -2.85. The fraction of sp³-hybridized carbons (Fsp3) is 0.667. The Hall–Kier alpha value is -0.970. The first-order chi connectivity index (χ1) is 5.27. The van der Waals surface area contributed by atoms with Gasteiger partial charge >= 0.3 is 12.1 Å². The molecule has 0 aliphatic heterocycles. The Bertz CT molecular complexity index is 164. The molecule has 1 amide bonds. The van der Waals surface area contributed by atoms with E-state index in [-0.39, 0.29) is 0 Å². The summed E-state index contributed by atoms with van der Waals surface area (Å²) in [7, 11) is 0. The van der Waals surface area contributed by atoms with Gasteiger partial charge in [0.1, 0.15) is 0 Å². The van der Waals surface area contributed by atoms with Crippen LogP contribution in [0.5, 0.6) is 0 Å². The van der Waals surface area contributed by atoms with Gasteiger partial charge in [0.2, 0.25) is 6.29 Å². The van der Waals surface area contributed by atoms with Crippen LogP contribution in [0.4, 0.5) is 4.79 Å². The van der Waals surface area contributed by atoms with Gasteiger partial charge < -0.3 is 25.2 Å². The van der Waals surface area contributed by atoms with Crippen molar-refractivity contribution in [1.29, 1.82) is 0 Å². The predicted molar refractivity (Wildman–Crippen MR) is 27.3 cm³/mol.